The van der Waals surface area contributed by atoms with Gasteiger partial charge in [-0.15, -0.1) is 0 Å². The lowest BCUT2D eigenvalue weighted by Gasteiger charge is -2.06. The number of nitrogens with two attached hydrogens (primary N) is 1. The monoisotopic (exact) mass is 264 g/mol. The standard InChI is InChI=1S/C15H18F2N2/c1-2-13(18)7-12-5-6-19(10-12)9-11-3-4-14(16)15(17)8-11/h3-6,8,10,13H,2,7,9,18H2,1H3. The molecule has 1 unspecified atom stereocenters. The first kappa shape index (κ1) is 13.7. The number of benzene rings is 1. The minimum atomic E-state index is -0.814. The smallest absolute Gasteiger partial charge is 0.159 e. The molecule has 2 aromatic rings. The molecule has 4 heteroatoms. The molecule has 0 aliphatic rings. The molecule has 0 bridgehead atoms. The largest absolute Gasteiger partial charge is 0.350 e. The maximum atomic E-state index is 13.1. The van der Waals surface area contributed by atoms with Crippen LogP contribution in [0.15, 0.2) is 36.7 Å². The van der Waals surface area contributed by atoms with Crippen LogP contribution in [-0.2, 0) is 13.0 Å². The Morgan fingerprint density at radius 3 is 2.63 bits per heavy atom. The number of rotatable bonds is 5. The first-order valence-corrected chi connectivity index (χ1v) is 6.42. The van der Waals surface area contributed by atoms with Gasteiger partial charge in [-0.3, -0.25) is 0 Å². The summed E-state index contributed by atoms with van der Waals surface area (Å²) < 4.78 is 27.9. The van der Waals surface area contributed by atoms with E-state index in [0.29, 0.717) is 6.54 Å². The van der Waals surface area contributed by atoms with E-state index in [1.165, 1.54) is 6.07 Å². The van der Waals surface area contributed by atoms with Crippen LogP contribution in [-0.4, -0.2) is 10.6 Å². The second-order valence-corrected chi connectivity index (χ2v) is 4.81. The number of hydrogen-bond acceptors (Lipinski definition) is 1. The van der Waals surface area contributed by atoms with Gasteiger partial charge in [-0.1, -0.05) is 13.0 Å². The number of hydrogen-bond donors (Lipinski definition) is 1. The predicted molar refractivity (Wildman–Crippen MR) is 71.9 cm³/mol. The van der Waals surface area contributed by atoms with Crippen LogP contribution in [0.2, 0.25) is 0 Å². The summed E-state index contributed by atoms with van der Waals surface area (Å²) in [5.41, 5.74) is 7.80. The van der Waals surface area contributed by atoms with Crippen LogP contribution in [0, 0.1) is 11.6 Å². The van der Waals surface area contributed by atoms with Crippen molar-refractivity contribution in [3.8, 4) is 0 Å². The maximum Gasteiger partial charge on any atom is 0.159 e. The molecular formula is C15H18F2N2. The third-order valence-electron chi connectivity index (χ3n) is 3.18. The van der Waals surface area contributed by atoms with Crippen LogP contribution in [0.3, 0.4) is 0 Å². The van der Waals surface area contributed by atoms with E-state index in [0.717, 1.165) is 30.0 Å². The fourth-order valence-corrected chi connectivity index (χ4v) is 2.01. The molecule has 0 amide bonds. The van der Waals surface area contributed by atoms with E-state index in [2.05, 4.69) is 6.92 Å². The normalized spacial score (nSPS) is 12.6. The Hall–Kier alpha value is -1.68. The third-order valence-corrected chi connectivity index (χ3v) is 3.18. The minimum absolute atomic E-state index is 0.166. The van der Waals surface area contributed by atoms with Crippen LogP contribution in [0.25, 0.3) is 0 Å². The van der Waals surface area contributed by atoms with Crippen molar-refractivity contribution in [3.05, 3.63) is 59.4 Å². The molecule has 2 N–H and O–H groups in total. The van der Waals surface area contributed by atoms with Gasteiger partial charge in [-0.25, -0.2) is 8.78 Å². The highest BCUT2D eigenvalue weighted by Crippen LogP contribution is 2.12. The van der Waals surface area contributed by atoms with Gasteiger partial charge >= 0.3 is 0 Å². The second kappa shape index (κ2) is 5.97. The van der Waals surface area contributed by atoms with E-state index < -0.39 is 11.6 Å². The van der Waals surface area contributed by atoms with Gasteiger partial charge in [0.15, 0.2) is 11.6 Å². The van der Waals surface area contributed by atoms with Crippen LogP contribution < -0.4 is 5.73 Å². The quantitative estimate of drug-likeness (QED) is 0.884. The molecule has 0 fully saturated rings. The molecule has 1 aromatic carbocycles. The SMILES string of the molecule is CCC(N)Cc1ccn(Cc2ccc(F)c(F)c2)c1. The van der Waals surface area contributed by atoms with Crippen LogP contribution in [0.4, 0.5) is 8.78 Å². The van der Waals surface area contributed by atoms with E-state index in [1.54, 1.807) is 6.07 Å². The zero-order valence-corrected chi connectivity index (χ0v) is 10.9. The van der Waals surface area contributed by atoms with Gasteiger partial charge in [0.1, 0.15) is 0 Å². The summed E-state index contributed by atoms with van der Waals surface area (Å²) >= 11 is 0. The Bertz CT molecular complexity index is 549. The van der Waals surface area contributed by atoms with Gasteiger partial charge in [0, 0.05) is 25.0 Å². The highest BCUT2D eigenvalue weighted by atomic mass is 19.2. The van der Waals surface area contributed by atoms with E-state index in [4.69, 9.17) is 5.73 Å². The summed E-state index contributed by atoms with van der Waals surface area (Å²) in [5.74, 6) is -1.62. The first-order valence-electron chi connectivity index (χ1n) is 6.42. The average Bonchev–Trinajstić information content (AvgIpc) is 2.81. The highest BCUT2D eigenvalue weighted by molar-refractivity contribution is 5.20. The van der Waals surface area contributed by atoms with Crippen molar-refractivity contribution < 1.29 is 8.78 Å². The topological polar surface area (TPSA) is 30.9 Å². The molecule has 1 aromatic heterocycles. The van der Waals surface area contributed by atoms with E-state index in [1.807, 2.05) is 23.0 Å². The zero-order valence-electron chi connectivity index (χ0n) is 10.9. The van der Waals surface area contributed by atoms with E-state index in [-0.39, 0.29) is 6.04 Å². The van der Waals surface area contributed by atoms with Crippen molar-refractivity contribution in [3.63, 3.8) is 0 Å². The lowest BCUT2D eigenvalue weighted by atomic mass is 10.1. The summed E-state index contributed by atoms with van der Waals surface area (Å²) in [6.07, 6.45) is 5.70. The van der Waals surface area contributed by atoms with E-state index in [9.17, 15) is 8.78 Å². The van der Waals surface area contributed by atoms with Crippen molar-refractivity contribution in [1.82, 2.24) is 4.57 Å². The molecule has 2 rings (SSSR count). The fourth-order valence-electron chi connectivity index (χ4n) is 2.01. The molecule has 2 nitrogen and oxygen atoms in total. The van der Waals surface area contributed by atoms with Crippen molar-refractivity contribution in [2.45, 2.75) is 32.4 Å². The van der Waals surface area contributed by atoms with Crippen LogP contribution in [0.1, 0.15) is 24.5 Å². The third kappa shape index (κ3) is 3.64. The molecule has 102 valence electrons. The number of aromatic nitrogens is 1. The Kier molecular flexibility index (Phi) is 4.32. The number of halogens is 2. The minimum Gasteiger partial charge on any atom is -0.350 e. The Morgan fingerprint density at radius 1 is 1.16 bits per heavy atom. The molecule has 0 saturated heterocycles. The summed E-state index contributed by atoms with van der Waals surface area (Å²) in [7, 11) is 0. The van der Waals surface area contributed by atoms with Crippen LogP contribution in [0.5, 0.6) is 0 Å². The zero-order chi connectivity index (χ0) is 13.8. The summed E-state index contributed by atoms with van der Waals surface area (Å²) in [6, 6.07) is 6.15. The maximum absolute atomic E-state index is 13.1. The van der Waals surface area contributed by atoms with E-state index >= 15 is 0 Å². The van der Waals surface area contributed by atoms with Crippen molar-refractivity contribution in [2.75, 3.05) is 0 Å². The van der Waals surface area contributed by atoms with Crippen molar-refractivity contribution >= 4 is 0 Å². The molecule has 19 heavy (non-hydrogen) atoms. The lowest BCUT2D eigenvalue weighted by Crippen LogP contribution is -2.21. The summed E-state index contributed by atoms with van der Waals surface area (Å²) in [6.45, 7) is 2.58. The van der Waals surface area contributed by atoms with Gasteiger partial charge in [0.05, 0.1) is 0 Å². The van der Waals surface area contributed by atoms with Gasteiger partial charge in [-0.2, -0.15) is 0 Å². The Morgan fingerprint density at radius 2 is 1.95 bits per heavy atom. The molecule has 0 aliphatic heterocycles. The second-order valence-electron chi connectivity index (χ2n) is 4.81. The molecule has 0 saturated carbocycles. The molecule has 1 atom stereocenters. The molecule has 0 spiro atoms. The average molecular weight is 264 g/mol. The Labute approximate surface area is 111 Å². The number of nitrogens with zero attached hydrogens (tertiary/aromatic N) is 1. The predicted octanol–water partition coefficient (Wildman–Crippen LogP) is 3.09. The van der Waals surface area contributed by atoms with Gasteiger partial charge in [0.25, 0.3) is 0 Å². The summed E-state index contributed by atoms with van der Waals surface area (Å²) in [4.78, 5) is 0. The molecule has 0 aliphatic carbocycles. The van der Waals surface area contributed by atoms with Crippen molar-refractivity contribution in [1.29, 1.82) is 0 Å². The van der Waals surface area contributed by atoms with Crippen LogP contribution >= 0.6 is 0 Å². The highest BCUT2D eigenvalue weighted by Gasteiger charge is 2.05. The lowest BCUT2D eigenvalue weighted by molar-refractivity contribution is 0.506. The van der Waals surface area contributed by atoms with Gasteiger partial charge in [-0.05, 0) is 42.2 Å². The molecular weight excluding hydrogens is 246 g/mol. The summed E-state index contributed by atoms with van der Waals surface area (Å²) in [5, 5.41) is 0. The van der Waals surface area contributed by atoms with Gasteiger partial charge < -0.3 is 10.3 Å². The Balaban J connectivity index is 2.05. The van der Waals surface area contributed by atoms with Crippen molar-refractivity contribution in [2.24, 2.45) is 5.73 Å². The first-order chi connectivity index (χ1) is 9.08. The molecule has 0 radical (unpaired) electrons. The van der Waals surface area contributed by atoms with Gasteiger partial charge in [0.2, 0.25) is 0 Å². The fraction of sp³-hybridized carbons (Fsp3) is 0.333. The molecule has 1 heterocycles.